The first-order valence-corrected chi connectivity index (χ1v) is 7.01. The first-order chi connectivity index (χ1) is 9.76. The topological polar surface area (TPSA) is 38.5 Å². The fourth-order valence-corrected chi connectivity index (χ4v) is 2.62. The molecule has 0 bridgehead atoms. The van der Waals surface area contributed by atoms with Crippen molar-refractivity contribution < 1.29 is 4.74 Å². The zero-order chi connectivity index (χ0) is 13.9. The molecule has 20 heavy (non-hydrogen) atoms. The van der Waals surface area contributed by atoms with Crippen LogP contribution in [0.4, 0.5) is 5.69 Å². The second kappa shape index (κ2) is 5.55. The van der Waals surface area contributed by atoms with Gasteiger partial charge >= 0.3 is 0 Å². The average molecular weight is 268 g/mol. The molecule has 0 fully saturated rings. The zero-order valence-electron chi connectivity index (χ0n) is 11.8. The van der Waals surface area contributed by atoms with Crippen molar-refractivity contribution >= 4 is 5.69 Å². The second-order valence-corrected chi connectivity index (χ2v) is 5.27. The van der Waals surface area contributed by atoms with Crippen LogP contribution < -0.4 is 15.4 Å². The predicted molar refractivity (Wildman–Crippen MR) is 82.1 cm³/mol. The van der Waals surface area contributed by atoms with Gasteiger partial charge in [0.05, 0.1) is 6.61 Å². The summed E-state index contributed by atoms with van der Waals surface area (Å²) in [5.41, 5.74) is 10.7. The summed E-state index contributed by atoms with van der Waals surface area (Å²) in [6, 6.07) is 14.9. The van der Waals surface area contributed by atoms with E-state index in [1.54, 1.807) is 0 Å². The van der Waals surface area contributed by atoms with Gasteiger partial charge in [0.25, 0.3) is 0 Å². The van der Waals surface area contributed by atoms with Crippen LogP contribution in [0.1, 0.15) is 16.7 Å². The molecular weight excluding hydrogens is 248 g/mol. The monoisotopic (exact) mass is 268 g/mol. The van der Waals surface area contributed by atoms with Gasteiger partial charge in [-0.3, -0.25) is 0 Å². The number of nitrogens with zero attached hydrogens (tertiary/aromatic N) is 1. The van der Waals surface area contributed by atoms with Crippen molar-refractivity contribution in [1.82, 2.24) is 0 Å². The molecule has 0 radical (unpaired) electrons. The quantitative estimate of drug-likeness (QED) is 0.926. The highest BCUT2D eigenvalue weighted by Crippen LogP contribution is 2.27. The molecule has 0 saturated heterocycles. The summed E-state index contributed by atoms with van der Waals surface area (Å²) in [4.78, 5) is 2.25. The SMILES string of the molecule is CN(Cc1ccc2c(c1)CCO2)c1cccc(CN)c1. The van der Waals surface area contributed by atoms with Crippen LogP contribution in [0.15, 0.2) is 42.5 Å². The van der Waals surface area contributed by atoms with Crippen LogP contribution in [0, 0.1) is 0 Å². The van der Waals surface area contributed by atoms with E-state index in [9.17, 15) is 0 Å². The Morgan fingerprint density at radius 1 is 1.15 bits per heavy atom. The van der Waals surface area contributed by atoms with Crippen LogP contribution in [0.5, 0.6) is 5.75 Å². The normalized spacial score (nSPS) is 12.9. The first-order valence-electron chi connectivity index (χ1n) is 7.01. The molecule has 1 aliphatic heterocycles. The molecule has 0 aromatic heterocycles. The summed E-state index contributed by atoms with van der Waals surface area (Å²) in [6.07, 6.45) is 1.02. The van der Waals surface area contributed by atoms with Crippen molar-refractivity contribution in [3.8, 4) is 5.75 Å². The molecule has 0 spiro atoms. The van der Waals surface area contributed by atoms with Gasteiger partial charge in [-0.1, -0.05) is 24.3 Å². The standard InChI is InChI=1S/C17H20N2O/c1-19(16-4-2-3-13(10-16)11-18)12-14-5-6-17-15(9-14)7-8-20-17/h2-6,9-10H,7-8,11-12,18H2,1H3. The van der Waals surface area contributed by atoms with Crippen molar-refractivity contribution in [2.45, 2.75) is 19.5 Å². The molecule has 2 aromatic rings. The minimum atomic E-state index is 0.581. The molecule has 2 N–H and O–H groups in total. The van der Waals surface area contributed by atoms with Gasteiger partial charge in [-0.25, -0.2) is 0 Å². The number of rotatable bonds is 4. The molecular formula is C17H20N2O. The molecule has 1 heterocycles. The van der Waals surface area contributed by atoms with Crippen LogP contribution in [0.2, 0.25) is 0 Å². The highest BCUT2D eigenvalue weighted by atomic mass is 16.5. The van der Waals surface area contributed by atoms with Gasteiger partial charge in [-0.2, -0.15) is 0 Å². The number of benzene rings is 2. The highest BCUT2D eigenvalue weighted by Gasteiger charge is 2.12. The Morgan fingerprint density at radius 3 is 2.90 bits per heavy atom. The highest BCUT2D eigenvalue weighted by molar-refractivity contribution is 5.49. The van der Waals surface area contributed by atoms with Crippen molar-refractivity contribution in [3.05, 3.63) is 59.2 Å². The summed E-state index contributed by atoms with van der Waals surface area (Å²) in [7, 11) is 2.11. The molecule has 3 rings (SSSR count). The van der Waals surface area contributed by atoms with E-state index in [2.05, 4.69) is 54.4 Å². The Kier molecular flexibility index (Phi) is 3.61. The fourth-order valence-electron chi connectivity index (χ4n) is 2.62. The van der Waals surface area contributed by atoms with Gasteiger partial charge in [0, 0.05) is 32.2 Å². The Balaban J connectivity index is 1.76. The Morgan fingerprint density at radius 2 is 2.05 bits per heavy atom. The second-order valence-electron chi connectivity index (χ2n) is 5.27. The molecule has 0 amide bonds. The maximum absolute atomic E-state index is 5.70. The third-order valence-electron chi connectivity index (χ3n) is 3.76. The van der Waals surface area contributed by atoms with Gasteiger partial charge < -0.3 is 15.4 Å². The minimum Gasteiger partial charge on any atom is -0.493 e. The smallest absolute Gasteiger partial charge is 0.122 e. The largest absolute Gasteiger partial charge is 0.493 e. The molecule has 0 unspecified atom stereocenters. The van der Waals surface area contributed by atoms with E-state index >= 15 is 0 Å². The lowest BCUT2D eigenvalue weighted by Crippen LogP contribution is -2.16. The number of anilines is 1. The van der Waals surface area contributed by atoms with Gasteiger partial charge in [0.15, 0.2) is 0 Å². The molecule has 0 atom stereocenters. The van der Waals surface area contributed by atoms with Gasteiger partial charge in [0.2, 0.25) is 0 Å². The Bertz CT molecular complexity index is 610. The van der Waals surface area contributed by atoms with Crippen LogP contribution in [-0.2, 0) is 19.5 Å². The summed E-state index contributed by atoms with van der Waals surface area (Å²) >= 11 is 0. The van der Waals surface area contributed by atoms with E-state index in [-0.39, 0.29) is 0 Å². The lowest BCUT2D eigenvalue weighted by atomic mass is 10.1. The molecule has 104 valence electrons. The van der Waals surface area contributed by atoms with Crippen LogP contribution in [-0.4, -0.2) is 13.7 Å². The number of ether oxygens (including phenoxy) is 1. The molecule has 0 aliphatic carbocycles. The maximum atomic E-state index is 5.70. The lowest BCUT2D eigenvalue weighted by Gasteiger charge is -2.20. The third-order valence-corrected chi connectivity index (χ3v) is 3.76. The molecule has 3 nitrogen and oxygen atoms in total. The number of hydrogen-bond donors (Lipinski definition) is 1. The van der Waals surface area contributed by atoms with Crippen molar-refractivity contribution in [2.24, 2.45) is 5.73 Å². The van der Waals surface area contributed by atoms with Crippen LogP contribution in [0.3, 0.4) is 0 Å². The van der Waals surface area contributed by atoms with Crippen molar-refractivity contribution in [3.63, 3.8) is 0 Å². The molecule has 2 aromatic carbocycles. The fraction of sp³-hybridized carbons (Fsp3) is 0.294. The van der Waals surface area contributed by atoms with E-state index < -0.39 is 0 Å². The minimum absolute atomic E-state index is 0.581. The lowest BCUT2D eigenvalue weighted by molar-refractivity contribution is 0.357. The number of hydrogen-bond acceptors (Lipinski definition) is 3. The summed E-state index contributed by atoms with van der Waals surface area (Å²) in [5.74, 6) is 1.04. The Hall–Kier alpha value is -2.00. The molecule has 0 saturated carbocycles. The number of fused-ring (bicyclic) bond motifs is 1. The van der Waals surface area contributed by atoms with E-state index in [0.29, 0.717) is 6.54 Å². The van der Waals surface area contributed by atoms with E-state index in [4.69, 9.17) is 10.5 Å². The number of nitrogens with two attached hydrogens (primary N) is 1. The maximum Gasteiger partial charge on any atom is 0.122 e. The van der Waals surface area contributed by atoms with E-state index in [1.807, 2.05) is 0 Å². The zero-order valence-corrected chi connectivity index (χ0v) is 11.8. The Labute approximate surface area is 120 Å². The van der Waals surface area contributed by atoms with E-state index in [1.165, 1.54) is 16.8 Å². The molecule has 1 aliphatic rings. The van der Waals surface area contributed by atoms with Crippen LogP contribution >= 0.6 is 0 Å². The van der Waals surface area contributed by atoms with E-state index in [0.717, 1.165) is 30.9 Å². The summed E-state index contributed by atoms with van der Waals surface area (Å²) < 4.78 is 5.55. The van der Waals surface area contributed by atoms with Crippen molar-refractivity contribution in [2.75, 3.05) is 18.6 Å². The van der Waals surface area contributed by atoms with Gasteiger partial charge in [0.1, 0.15) is 5.75 Å². The summed E-state index contributed by atoms with van der Waals surface area (Å²) in [5, 5.41) is 0. The predicted octanol–water partition coefficient (Wildman–Crippen LogP) is 2.72. The van der Waals surface area contributed by atoms with Gasteiger partial charge in [-0.15, -0.1) is 0 Å². The third kappa shape index (κ3) is 2.63. The van der Waals surface area contributed by atoms with Gasteiger partial charge in [-0.05, 0) is 34.9 Å². The first kappa shape index (κ1) is 13.0. The average Bonchev–Trinajstić information content (AvgIpc) is 2.95. The molecule has 3 heteroatoms. The summed E-state index contributed by atoms with van der Waals surface area (Å²) in [6.45, 7) is 2.28. The van der Waals surface area contributed by atoms with Crippen LogP contribution in [0.25, 0.3) is 0 Å². The van der Waals surface area contributed by atoms with Crippen molar-refractivity contribution in [1.29, 1.82) is 0 Å².